The number of carbonyl (C=O) groups is 1. The van der Waals surface area contributed by atoms with E-state index in [1.54, 1.807) is 14.1 Å². The molecule has 3 nitrogen and oxygen atoms in total. The van der Waals surface area contributed by atoms with Crippen LogP contribution in [0.5, 0.6) is 0 Å². The SMILES string of the molecule is C[N+](C)(I)C(N)=O. The summed E-state index contributed by atoms with van der Waals surface area (Å²) in [5.74, 6) is 0. The summed E-state index contributed by atoms with van der Waals surface area (Å²) in [7, 11) is 3.42. The largest absolute Gasteiger partial charge is 0.421 e. The topological polar surface area (TPSA) is 43.1 Å². The van der Waals surface area contributed by atoms with Crippen molar-refractivity contribution < 1.29 is 7.49 Å². The van der Waals surface area contributed by atoms with Crippen molar-refractivity contribution in [2.75, 3.05) is 14.1 Å². The van der Waals surface area contributed by atoms with E-state index >= 15 is 0 Å². The first kappa shape index (κ1) is 7.16. The van der Waals surface area contributed by atoms with Crippen LogP contribution in [-0.2, 0) is 0 Å². The molecule has 0 heterocycles. The molecular weight excluding hydrogens is 207 g/mol. The maximum atomic E-state index is 10.2. The fraction of sp³-hybridized carbons (Fsp3) is 0.667. The van der Waals surface area contributed by atoms with Gasteiger partial charge < -0.3 is 5.73 Å². The molecular formula is C3H8IN2O+. The van der Waals surface area contributed by atoms with Crippen LogP contribution < -0.4 is 5.73 Å². The monoisotopic (exact) mass is 215 g/mol. The highest BCUT2D eigenvalue weighted by Crippen LogP contribution is 2.03. The van der Waals surface area contributed by atoms with Gasteiger partial charge in [-0.2, -0.15) is 2.70 Å². The maximum Gasteiger partial charge on any atom is 0.421 e. The van der Waals surface area contributed by atoms with Gasteiger partial charge in [-0.1, -0.05) is 0 Å². The first-order chi connectivity index (χ1) is 2.94. The van der Waals surface area contributed by atoms with Crippen LogP contribution in [0.1, 0.15) is 0 Å². The minimum Gasteiger partial charge on any atom is -0.318 e. The molecule has 0 spiro atoms. The Labute approximate surface area is 56.6 Å². The Morgan fingerprint density at radius 2 is 1.86 bits per heavy atom. The second kappa shape index (κ2) is 1.95. The fourth-order valence-corrected chi connectivity index (χ4v) is 0. The highest BCUT2D eigenvalue weighted by molar-refractivity contribution is 14.1. The molecule has 0 saturated carbocycles. The van der Waals surface area contributed by atoms with E-state index in [1.165, 1.54) is 0 Å². The number of nitrogens with two attached hydrogens (primary N) is 1. The zero-order valence-electron chi connectivity index (χ0n) is 4.31. The third-order valence-electron chi connectivity index (χ3n) is 0.524. The van der Waals surface area contributed by atoms with E-state index < -0.39 is 0 Å². The molecule has 2 amide bonds. The summed E-state index contributed by atoms with van der Waals surface area (Å²) in [6.07, 6.45) is 0. The summed E-state index contributed by atoms with van der Waals surface area (Å²) < 4.78 is 0.164. The van der Waals surface area contributed by atoms with Crippen molar-refractivity contribution in [3.05, 3.63) is 0 Å². The van der Waals surface area contributed by atoms with Gasteiger partial charge in [0.25, 0.3) is 22.9 Å². The minimum atomic E-state index is -0.333. The predicted octanol–water partition coefficient (Wildman–Crippen LogP) is 0.492. The van der Waals surface area contributed by atoms with Crippen molar-refractivity contribution in [1.82, 2.24) is 0 Å². The second-order valence-electron chi connectivity index (χ2n) is 1.66. The van der Waals surface area contributed by atoms with Crippen LogP contribution in [0.3, 0.4) is 0 Å². The van der Waals surface area contributed by atoms with Gasteiger partial charge in [0.1, 0.15) is 0 Å². The molecule has 0 fully saturated rings. The molecule has 0 bridgehead atoms. The lowest BCUT2D eigenvalue weighted by molar-refractivity contribution is -0.611. The van der Waals surface area contributed by atoms with Gasteiger partial charge in [0.15, 0.2) is 0 Å². The van der Waals surface area contributed by atoms with Crippen LogP contribution in [-0.4, -0.2) is 22.8 Å². The molecule has 0 unspecified atom stereocenters. The van der Waals surface area contributed by atoms with Crippen LogP contribution in [0.15, 0.2) is 0 Å². The van der Waals surface area contributed by atoms with Crippen molar-refractivity contribution in [2.45, 2.75) is 0 Å². The van der Waals surface area contributed by atoms with Crippen LogP contribution in [0, 0.1) is 0 Å². The van der Waals surface area contributed by atoms with Gasteiger partial charge in [0.2, 0.25) is 0 Å². The Bertz CT molecular complexity index is 85.4. The van der Waals surface area contributed by atoms with E-state index in [0.29, 0.717) is 0 Å². The van der Waals surface area contributed by atoms with E-state index in [4.69, 9.17) is 5.73 Å². The summed E-state index contributed by atoms with van der Waals surface area (Å²) in [6.45, 7) is 0. The van der Waals surface area contributed by atoms with Crippen molar-refractivity contribution in [2.24, 2.45) is 5.73 Å². The zero-order valence-corrected chi connectivity index (χ0v) is 6.47. The number of quaternary nitrogens is 1. The molecule has 0 aliphatic carbocycles. The molecule has 0 aromatic heterocycles. The summed E-state index contributed by atoms with van der Waals surface area (Å²) in [5, 5.41) is 0. The van der Waals surface area contributed by atoms with Crippen LogP contribution in [0.2, 0.25) is 0 Å². The van der Waals surface area contributed by atoms with E-state index in [1.807, 2.05) is 22.9 Å². The third-order valence-corrected chi connectivity index (χ3v) is 1.000. The van der Waals surface area contributed by atoms with Crippen LogP contribution in [0.4, 0.5) is 4.79 Å². The van der Waals surface area contributed by atoms with Crippen molar-refractivity contribution >= 4 is 28.9 Å². The summed E-state index contributed by atoms with van der Waals surface area (Å²) >= 11 is 1.93. The van der Waals surface area contributed by atoms with Crippen molar-refractivity contribution in [3.8, 4) is 0 Å². The van der Waals surface area contributed by atoms with Crippen molar-refractivity contribution in [3.63, 3.8) is 0 Å². The minimum absolute atomic E-state index is 0.164. The molecule has 4 heteroatoms. The molecule has 0 atom stereocenters. The average Bonchev–Trinajstić information content (AvgIpc) is 1.31. The van der Waals surface area contributed by atoms with Crippen molar-refractivity contribution in [1.29, 1.82) is 0 Å². The van der Waals surface area contributed by atoms with E-state index in [9.17, 15) is 4.79 Å². The number of carbonyl (C=O) groups excluding carboxylic acids is 1. The fourth-order valence-electron chi connectivity index (χ4n) is 0. The lowest BCUT2D eigenvalue weighted by Gasteiger charge is -2.11. The zero-order chi connectivity index (χ0) is 6.08. The highest BCUT2D eigenvalue weighted by Gasteiger charge is 2.17. The molecule has 0 aromatic carbocycles. The number of primary amides is 1. The molecule has 0 aromatic rings. The smallest absolute Gasteiger partial charge is 0.318 e. The Kier molecular flexibility index (Phi) is 2.00. The molecule has 0 aliphatic heterocycles. The highest BCUT2D eigenvalue weighted by atomic mass is 127. The van der Waals surface area contributed by atoms with Crippen LogP contribution >= 0.6 is 22.9 Å². The summed E-state index contributed by atoms with van der Waals surface area (Å²) in [5.41, 5.74) is 4.90. The van der Waals surface area contributed by atoms with E-state index in [2.05, 4.69) is 0 Å². The van der Waals surface area contributed by atoms with E-state index in [0.717, 1.165) is 0 Å². The molecule has 0 rings (SSSR count). The van der Waals surface area contributed by atoms with Crippen LogP contribution in [0.25, 0.3) is 0 Å². The molecule has 42 valence electrons. The first-order valence-corrected chi connectivity index (χ1v) is 2.74. The van der Waals surface area contributed by atoms with Gasteiger partial charge in [0.05, 0.1) is 14.1 Å². The molecule has 7 heavy (non-hydrogen) atoms. The number of hydrogen-bond donors (Lipinski definition) is 1. The first-order valence-electron chi connectivity index (χ1n) is 1.78. The number of hydrogen-bond acceptors (Lipinski definition) is 1. The number of nitrogens with zero attached hydrogens (tertiary/aromatic N) is 1. The molecule has 0 radical (unpaired) electrons. The van der Waals surface area contributed by atoms with Gasteiger partial charge >= 0.3 is 6.03 Å². The van der Waals surface area contributed by atoms with E-state index in [-0.39, 0.29) is 8.73 Å². The Morgan fingerprint density at radius 3 is 1.86 bits per heavy atom. The summed E-state index contributed by atoms with van der Waals surface area (Å²) in [4.78, 5) is 10.2. The van der Waals surface area contributed by atoms with Gasteiger partial charge in [-0.15, -0.1) is 0 Å². The lowest BCUT2D eigenvalue weighted by Crippen LogP contribution is -2.39. The van der Waals surface area contributed by atoms with Gasteiger partial charge in [-0.05, 0) is 0 Å². The predicted molar refractivity (Wildman–Crippen MR) is 35.7 cm³/mol. The number of amides is 2. The standard InChI is InChI=1S/C3H7IN2O/c1-6(2,4)3(5)7/h1-2H3,(H-,5,7)/p+1. The number of urea groups is 1. The van der Waals surface area contributed by atoms with Gasteiger partial charge in [-0.3, -0.25) is 0 Å². The number of halogens is 1. The Balaban J connectivity index is 3.79. The quantitative estimate of drug-likeness (QED) is 0.463. The third kappa shape index (κ3) is 2.81. The number of rotatable bonds is 0. The molecule has 0 saturated heterocycles. The lowest BCUT2D eigenvalue weighted by atomic mass is 10.9. The Morgan fingerprint density at radius 1 is 1.71 bits per heavy atom. The molecule has 2 N–H and O–H groups in total. The second-order valence-corrected chi connectivity index (χ2v) is 4.07. The molecule has 0 aliphatic rings. The Hall–Kier alpha value is 0.160. The summed E-state index contributed by atoms with van der Waals surface area (Å²) in [6, 6.07) is -0.333. The maximum absolute atomic E-state index is 10.2. The van der Waals surface area contributed by atoms with Gasteiger partial charge in [0, 0.05) is 0 Å². The van der Waals surface area contributed by atoms with Gasteiger partial charge in [-0.25, -0.2) is 4.79 Å². The average molecular weight is 215 g/mol. The normalized spacial score (nSPS) is 11.3.